The zero-order valence-corrected chi connectivity index (χ0v) is 13.7. The van der Waals surface area contributed by atoms with Gasteiger partial charge in [0.05, 0.1) is 5.56 Å². The molecule has 0 saturated heterocycles. The fourth-order valence-corrected chi connectivity index (χ4v) is 1.29. The lowest BCUT2D eigenvalue weighted by Crippen LogP contribution is -2.05. The summed E-state index contributed by atoms with van der Waals surface area (Å²) < 4.78 is 4.71. The Morgan fingerprint density at radius 2 is 1.31 bits per heavy atom. The highest BCUT2D eigenvalue weighted by Crippen LogP contribution is 2.16. The predicted octanol–water partition coefficient (Wildman–Crippen LogP) is 1.01. The highest BCUT2D eigenvalue weighted by molar-refractivity contribution is 5.96. The van der Waals surface area contributed by atoms with Gasteiger partial charge in [0.2, 0.25) is 0 Å². The molecule has 1 aromatic rings. The first kappa shape index (κ1) is 19.3. The van der Waals surface area contributed by atoms with Gasteiger partial charge in [-0.15, -0.1) is 0 Å². The van der Waals surface area contributed by atoms with E-state index >= 15 is 0 Å². The summed E-state index contributed by atoms with van der Waals surface area (Å²) in [6.45, 7) is 1.68. The third-order valence-electron chi connectivity index (χ3n) is 2.30. The summed E-state index contributed by atoms with van der Waals surface area (Å²) in [5.41, 5.74) is 12.0. The molecule has 0 radical (unpaired) electrons. The van der Waals surface area contributed by atoms with Crippen LogP contribution in [0.3, 0.4) is 0 Å². The molecular formula is C22H10N2O2. The second-order valence-electron chi connectivity index (χ2n) is 4.09. The lowest BCUT2D eigenvalue weighted by molar-refractivity contribution is 0.0692. The molecule has 4 N–H and O–H groups in total. The van der Waals surface area contributed by atoms with Crippen molar-refractivity contribution in [3.05, 3.63) is 23.8 Å². The maximum Gasteiger partial charge on any atom is 0.354 e. The Balaban J connectivity index is 2.52. The molecule has 26 heavy (non-hydrogen) atoms. The fraction of sp³-hybridized carbons (Fsp3) is 0.0455. The molecule has 0 heterocycles. The summed E-state index contributed by atoms with van der Waals surface area (Å²) in [5, 5.41) is 0. The van der Waals surface area contributed by atoms with Crippen molar-refractivity contribution < 1.29 is 9.53 Å². The van der Waals surface area contributed by atoms with Crippen molar-refractivity contribution in [2.24, 2.45) is 0 Å². The van der Waals surface area contributed by atoms with Gasteiger partial charge in [-0.05, 0) is 60.6 Å². The summed E-state index contributed by atoms with van der Waals surface area (Å²) in [5.74, 6) is 31.4. The summed E-state index contributed by atoms with van der Waals surface area (Å²) in [7, 11) is 0. The second-order valence-corrected chi connectivity index (χ2v) is 4.09. The van der Waals surface area contributed by atoms with Gasteiger partial charge in [0.25, 0.3) is 0 Å². The summed E-state index contributed by atoms with van der Waals surface area (Å²) in [4.78, 5) is 11.7. The van der Waals surface area contributed by atoms with Gasteiger partial charge in [-0.3, -0.25) is 0 Å². The number of rotatable bonds is 1. The first-order chi connectivity index (χ1) is 12.6. The van der Waals surface area contributed by atoms with Crippen LogP contribution in [-0.2, 0) is 4.74 Å². The molecule has 0 fully saturated rings. The number of benzene rings is 1. The SMILES string of the molecule is CC#CC#CC#CC#CC#CC#CC#COC(=O)c1ccc(N)cc1N. The Kier molecular flexibility index (Phi) is 8.69. The van der Waals surface area contributed by atoms with Crippen LogP contribution in [0, 0.1) is 83.1 Å². The van der Waals surface area contributed by atoms with E-state index in [9.17, 15) is 4.79 Å². The molecule has 0 atom stereocenters. The Morgan fingerprint density at radius 3 is 1.81 bits per heavy atom. The standard InChI is InChI=1S/C22H10N2O2/c1-2-3-4-5-6-7-8-9-10-11-12-13-14-17-26-22(25)20-16-15-19(23)18-21(20)24/h15-16,18H,23-24H2,1H3. The number of carbonyl (C=O) groups is 1. The van der Waals surface area contributed by atoms with Crippen LogP contribution in [0.2, 0.25) is 0 Å². The van der Waals surface area contributed by atoms with Crippen molar-refractivity contribution in [2.75, 3.05) is 11.5 Å². The van der Waals surface area contributed by atoms with Gasteiger partial charge in [-0.2, -0.15) is 0 Å². The third kappa shape index (κ3) is 8.00. The Morgan fingerprint density at radius 1 is 0.808 bits per heavy atom. The molecule has 0 unspecified atom stereocenters. The molecule has 4 heteroatoms. The van der Waals surface area contributed by atoms with E-state index in [4.69, 9.17) is 16.2 Å². The Bertz CT molecular complexity index is 1140. The van der Waals surface area contributed by atoms with E-state index in [2.05, 4.69) is 83.1 Å². The minimum absolute atomic E-state index is 0.170. The lowest BCUT2D eigenvalue weighted by Gasteiger charge is -2.02. The zero-order valence-electron chi connectivity index (χ0n) is 13.7. The maximum absolute atomic E-state index is 11.7. The third-order valence-corrected chi connectivity index (χ3v) is 2.30. The fourth-order valence-electron chi connectivity index (χ4n) is 1.29. The van der Waals surface area contributed by atoms with Crippen LogP contribution in [0.5, 0.6) is 0 Å². The molecule has 0 aliphatic heterocycles. The second kappa shape index (κ2) is 11.7. The van der Waals surface area contributed by atoms with Crippen molar-refractivity contribution in [3.63, 3.8) is 0 Å². The first-order valence-corrected chi connectivity index (χ1v) is 6.93. The van der Waals surface area contributed by atoms with E-state index in [-0.39, 0.29) is 11.3 Å². The van der Waals surface area contributed by atoms with Gasteiger partial charge >= 0.3 is 5.97 Å². The molecule has 0 spiro atoms. The summed E-state index contributed by atoms with van der Waals surface area (Å²) in [6.07, 6.45) is 2.15. The molecule has 0 saturated carbocycles. The van der Waals surface area contributed by atoms with Crippen LogP contribution in [0.1, 0.15) is 17.3 Å². The van der Waals surface area contributed by atoms with Gasteiger partial charge in [-0.25, -0.2) is 4.79 Å². The summed E-state index contributed by atoms with van der Waals surface area (Å²) in [6, 6.07) is 4.44. The van der Waals surface area contributed by atoms with Gasteiger partial charge < -0.3 is 16.2 Å². The van der Waals surface area contributed by atoms with Gasteiger partial charge in [-0.1, -0.05) is 5.92 Å². The number of carbonyl (C=O) groups excluding carboxylic acids is 1. The summed E-state index contributed by atoms with van der Waals surface area (Å²) >= 11 is 0. The monoisotopic (exact) mass is 334 g/mol. The molecule has 0 aromatic heterocycles. The van der Waals surface area contributed by atoms with E-state index < -0.39 is 5.97 Å². The van der Waals surface area contributed by atoms with Gasteiger partial charge in [0.1, 0.15) is 6.11 Å². The molecule has 1 rings (SSSR count). The van der Waals surface area contributed by atoms with Crippen molar-refractivity contribution in [1.82, 2.24) is 0 Å². The van der Waals surface area contributed by atoms with Crippen LogP contribution in [0.15, 0.2) is 18.2 Å². The number of nitrogen functional groups attached to an aromatic ring is 2. The number of hydrogen-bond acceptors (Lipinski definition) is 4. The number of esters is 1. The van der Waals surface area contributed by atoms with Crippen LogP contribution >= 0.6 is 0 Å². The average Bonchev–Trinajstić information content (AvgIpc) is 2.61. The van der Waals surface area contributed by atoms with Gasteiger partial charge in [0, 0.05) is 46.9 Å². The van der Waals surface area contributed by atoms with Crippen molar-refractivity contribution in [2.45, 2.75) is 6.92 Å². The molecule has 120 valence electrons. The van der Waals surface area contributed by atoms with Crippen LogP contribution in [0.4, 0.5) is 11.4 Å². The van der Waals surface area contributed by atoms with Crippen LogP contribution in [0.25, 0.3) is 0 Å². The minimum Gasteiger partial charge on any atom is -0.399 e. The average molecular weight is 334 g/mol. The maximum atomic E-state index is 11.7. The zero-order chi connectivity index (χ0) is 19.0. The highest BCUT2D eigenvalue weighted by Gasteiger charge is 2.10. The minimum atomic E-state index is -0.694. The molecule has 1 aromatic carbocycles. The Hall–Kier alpha value is -4.79. The van der Waals surface area contributed by atoms with Crippen molar-refractivity contribution >= 4 is 17.3 Å². The Labute approximate surface area is 152 Å². The van der Waals surface area contributed by atoms with Crippen molar-refractivity contribution in [3.8, 4) is 83.1 Å². The lowest BCUT2D eigenvalue weighted by atomic mass is 10.1. The van der Waals surface area contributed by atoms with E-state index in [1.165, 1.54) is 18.2 Å². The van der Waals surface area contributed by atoms with Gasteiger partial charge in [0.15, 0.2) is 0 Å². The molecular weight excluding hydrogens is 324 g/mol. The predicted molar refractivity (Wildman–Crippen MR) is 101 cm³/mol. The molecule has 0 amide bonds. The van der Waals surface area contributed by atoms with E-state index in [0.29, 0.717) is 5.69 Å². The smallest absolute Gasteiger partial charge is 0.354 e. The largest absolute Gasteiger partial charge is 0.399 e. The topological polar surface area (TPSA) is 78.3 Å². The quantitative estimate of drug-likeness (QED) is 0.456. The molecule has 0 aliphatic rings. The van der Waals surface area contributed by atoms with Crippen molar-refractivity contribution in [1.29, 1.82) is 0 Å². The van der Waals surface area contributed by atoms with Crippen LogP contribution < -0.4 is 11.5 Å². The van der Waals surface area contributed by atoms with E-state index in [1.54, 1.807) is 6.92 Å². The number of ether oxygens (including phenoxy) is 1. The van der Waals surface area contributed by atoms with E-state index in [1.807, 2.05) is 0 Å². The molecule has 0 aliphatic carbocycles. The van der Waals surface area contributed by atoms with E-state index in [0.717, 1.165) is 0 Å². The number of anilines is 2. The number of nitrogens with two attached hydrogens (primary N) is 2. The first-order valence-electron chi connectivity index (χ1n) is 6.93. The molecule has 0 bridgehead atoms. The molecule has 4 nitrogen and oxygen atoms in total. The highest BCUT2D eigenvalue weighted by atomic mass is 16.5. The normalized spacial score (nSPS) is 6.50. The van der Waals surface area contributed by atoms with Crippen LogP contribution in [-0.4, -0.2) is 5.97 Å². The number of hydrogen-bond donors (Lipinski definition) is 2.